The van der Waals surface area contributed by atoms with Gasteiger partial charge in [-0.1, -0.05) is 6.92 Å². The Hall–Kier alpha value is -0.530. The molecule has 0 radical (unpaired) electrons. The van der Waals surface area contributed by atoms with Crippen molar-refractivity contribution in [2.45, 2.75) is 33.1 Å². The highest BCUT2D eigenvalue weighted by atomic mass is 16.5. The lowest BCUT2D eigenvalue weighted by Crippen LogP contribution is -2.53. The number of hydrogen-bond donors (Lipinski definition) is 0. The van der Waals surface area contributed by atoms with Gasteiger partial charge >= 0.3 is 5.97 Å². The van der Waals surface area contributed by atoms with E-state index < -0.39 is 0 Å². The van der Waals surface area contributed by atoms with E-state index in [0.717, 1.165) is 5.92 Å². The summed E-state index contributed by atoms with van der Waals surface area (Å²) in [5.74, 6) is 2.72. The summed E-state index contributed by atoms with van der Waals surface area (Å²) in [6.45, 7) is 5.16. The smallest absolute Gasteiger partial charge is 0.312 e. The molecule has 0 aromatic heterocycles. The number of esters is 1. The Balaban J connectivity index is 2.05. The fraction of sp³-hybridized carbons (Fsp3) is 0.917. The molecule has 1 saturated heterocycles. The minimum atomic E-state index is -0.116. The lowest BCUT2D eigenvalue weighted by Gasteiger charge is -2.49. The standard InChI is InChI=1S/C12H18O2/c1-7-5-8-3-4-10-9(7)6-14-11(13)12(8,10)2/h7-10H,3-6H2,1-2H3/t7?,8?,9-,10?,12?/m0/s1. The Morgan fingerprint density at radius 2 is 2.21 bits per heavy atom. The highest BCUT2D eigenvalue weighted by molar-refractivity contribution is 5.78. The zero-order valence-electron chi connectivity index (χ0n) is 8.95. The van der Waals surface area contributed by atoms with Gasteiger partial charge in [0.05, 0.1) is 12.0 Å². The first-order valence-electron chi connectivity index (χ1n) is 5.81. The third kappa shape index (κ3) is 0.807. The molecule has 2 saturated carbocycles. The Labute approximate surface area is 85.0 Å². The number of carbonyl (C=O) groups is 1. The minimum absolute atomic E-state index is 0.0909. The fourth-order valence-electron chi connectivity index (χ4n) is 4.25. The first-order chi connectivity index (χ1) is 6.64. The Morgan fingerprint density at radius 3 is 3.00 bits per heavy atom. The van der Waals surface area contributed by atoms with Gasteiger partial charge in [-0.25, -0.2) is 0 Å². The van der Waals surface area contributed by atoms with E-state index >= 15 is 0 Å². The lowest BCUT2D eigenvalue weighted by molar-refractivity contribution is -0.184. The van der Waals surface area contributed by atoms with E-state index in [1.165, 1.54) is 19.3 Å². The Bertz CT molecular complexity index is 286. The van der Waals surface area contributed by atoms with E-state index in [9.17, 15) is 4.79 Å². The molecule has 0 N–H and O–H groups in total. The summed E-state index contributed by atoms with van der Waals surface area (Å²) in [5.41, 5.74) is -0.116. The van der Waals surface area contributed by atoms with Crippen molar-refractivity contribution in [2.75, 3.05) is 6.61 Å². The second-order valence-electron chi connectivity index (χ2n) is 5.64. The summed E-state index contributed by atoms with van der Waals surface area (Å²) in [5, 5.41) is 0. The summed E-state index contributed by atoms with van der Waals surface area (Å²) in [6.07, 6.45) is 3.75. The van der Waals surface area contributed by atoms with Crippen molar-refractivity contribution in [3.8, 4) is 0 Å². The van der Waals surface area contributed by atoms with Crippen LogP contribution in [0, 0.1) is 29.1 Å². The molecule has 3 rings (SSSR count). The van der Waals surface area contributed by atoms with Crippen molar-refractivity contribution in [1.82, 2.24) is 0 Å². The average Bonchev–Trinajstić information content (AvgIpc) is 2.39. The van der Waals surface area contributed by atoms with Crippen LogP contribution in [0.25, 0.3) is 0 Å². The van der Waals surface area contributed by atoms with E-state index in [4.69, 9.17) is 4.74 Å². The summed E-state index contributed by atoms with van der Waals surface area (Å²) >= 11 is 0. The normalized spacial score (nSPS) is 55.7. The second kappa shape index (κ2) is 2.53. The molecule has 5 atom stereocenters. The molecule has 0 aromatic carbocycles. The topological polar surface area (TPSA) is 26.3 Å². The lowest BCUT2D eigenvalue weighted by atomic mass is 9.58. The number of ether oxygens (including phenoxy) is 1. The first-order valence-corrected chi connectivity index (χ1v) is 5.81. The summed E-state index contributed by atoms with van der Waals surface area (Å²) in [4.78, 5) is 11.9. The maximum Gasteiger partial charge on any atom is 0.312 e. The Kier molecular flexibility index (Phi) is 1.58. The van der Waals surface area contributed by atoms with Gasteiger partial charge in [-0.3, -0.25) is 4.79 Å². The van der Waals surface area contributed by atoms with Crippen LogP contribution in [0.1, 0.15) is 33.1 Å². The van der Waals surface area contributed by atoms with Crippen molar-refractivity contribution < 1.29 is 9.53 Å². The second-order valence-corrected chi connectivity index (χ2v) is 5.64. The van der Waals surface area contributed by atoms with Crippen LogP contribution in [0.4, 0.5) is 0 Å². The first kappa shape index (κ1) is 8.75. The monoisotopic (exact) mass is 194 g/mol. The van der Waals surface area contributed by atoms with Gasteiger partial charge < -0.3 is 4.74 Å². The number of rotatable bonds is 0. The third-order valence-electron chi connectivity index (χ3n) is 5.20. The van der Waals surface area contributed by atoms with Crippen LogP contribution < -0.4 is 0 Å². The van der Waals surface area contributed by atoms with Crippen molar-refractivity contribution >= 4 is 5.97 Å². The SMILES string of the molecule is CC1CC2CCC3[C@H]1COC(=O)C23C. The maximum atomic E-state index is 11.9. The molecule has 1 heterocycles. The number of hydrogen-bond acceptors (Lipinski definition) is 2. The average molecular weight is 194 g/mol. The summed E-state index contributed by atoms with van der Waals surface area (Å²) < 4.78 is 5.36. The molecule has 2 aliphatic carbocycles. The van der Waals surface area contributed by atoms with Crippen LogP contribution in [-0.2, 0) is 9.53 Å². The molecule has 78 valence electrons. The molecule has 2 nitrogen and oxygen atoms in total. The number of carbonyl (C=O) groups excluding carboxylic acids is 1. The van der Waals surface area contributed by atoms with E-state index in [0.29, 0.717) is 24.4 Å². The van der Waals surface area contributed by atoms with Crippen molar-refractivity contribution in [2.24, 2.45) is 29.1 Å². The van der Waals surface area contributed by atoms with Gasteiger partial charge in [-0.05, 0) is 49.9 Å². The van der Waals surface area contributed by atoms with Gasteiger partial charge in [-0.15, -0.1) is 0 Å². The van der Waals surface area contributed by atoms with Gasteiger partial charge in [0, 0.05) is 0 Å². The van der Waals surface area contributed by atoms with Crippen LogP contribution >= 0.6 is 0 Å². The molecule has 1 aliphatic heterocycles. The predicted octanol–water partition coefficient (Wildman–Crippen LogP) is 2.23. The molecule has 4 bridgehead atoms. The van der Waals surface area contributed by atoms with E-state index in [-0.39, 0.29) is 11.4 Å². The van der Waals surface area contributed by atoms with E-state index in [1.54, 1.807) is 0 Å². The van der Waals surface area contributed by atoms with Crippen LogP contribution in [-0.4, -0.2) is 12.6 Å². The van der Waals surface area contributed by atoms with Crippen LogP contribution in [0.15, 0.2) is 0 Å². The van der Waals surface area contributed by atoms with Crippen LogP contribution in [0.2, 0.25) is 0 Å². The maximum absolute atomic E-state index is 11.9. The van der Waals surface area contributed by atoms with Gasteiger partial charge in [0.2, 0.25) is 0 Å². The molecule has 4 unspecified atom stereocenters. The van der Waals surface area contributed by atoms with Gasteiger partial charge in [0.15, 0.2) is 0 Å². The fourth-order valence-corrected chi connectivity index (χ4v) is 4.25. The molecule has 2 heteroatoms. The third-order valence-corrected chi connectivity index (χ3v) is 5.20. The summed E-state index contributed by atoms with van der Waals surface area (Å²) in [6, 6.07) is 0. The quantitative estimate of drug-likeness (QED) is 0.553. The minimum Gasteiger partial charge on any atom is -0.465 e. The zero-order chi connectivity index (χ0) is 9.92. The largest absolute Gasteiger partial charge is 0.465 e. The van der Waals surface area contributed by atoms with E-state index in [2.05, 4.69) is 13.8 Å². The predicted molar refractivity (Wildman–Crippen MR) is 52.6 cm³/mol. The van der Waals surface area contributed by atoms with Crippen LogP contribution in [0.3, 0.4) is 0 Å². The van der Waals surface area contributed by atoms with Crippen LogP contribution in [0.5, 0.6) is 0 Å². The highest BCUT2D eigenvalue weighted by Gasteiger charge is 2.61. The molecular weight excluding hydrogens is 176 g/mol. The van der Waals surface area contributed by atoms with Gasteiger partial charge in [0.25, 0.3) is 0 Å². The van der Waals surface area contributed by atoms with E-state index in [1.807, 2.05) is 0 Å². The van der Waals surface area contributed by atoms with Crippen molar-refractivity contribution in [3.05, 3.63) is 0 Å². The van der Waals surface area contributed by atoms with Crippen molar-refractivity contribution in [3.63, 3.8) is 0 Å². The van der Waals surface area contributed by atoms with Gasteiger partial charge in [0.1, 0.15) is 0 Å². The Morgan fingerprint density at radius 1 is 1.43 bits per heavy atom. The summed E-state index contributed by atoms with van der Waals surface area (Å²) in [7, 11) is 0. The molecule has 3 fully saturated rings. The molecule has 0 aromatic rings. The molecule has 14 heavy (non-hydrogen) atoms. The van der Waals surface area contributed by atoms with Gasteiger partial charge in [-0.2, -0.15) is 0 Å². The van der Waals surface area contributed by atoms with Crippen molar-refractivity contribution in [1.29, 1.82) is 0 Å². The highest BCUT2D eigenvalue weighted by Crippen LogP contribution is 2.61. The molecular formula is C12H18O2. The zero-order valence-corrected chi connectivity index (χ0v) is 8.95. The molecule has 0 amide bonds. The molecule has 0 spiro atoms. The molecule has 3 aliphatic rings. The number of cyclic esters (lactones) is 1.